The van der Waals surface area contributed by atoms with E-state index in [1.165, 1.54) is 6.66 Å². The number of rotatable bonds is 4. The highest BCUT2D eigenvalue weighted by molar-refractivity contribution is 8.46. The maximum absolute atomic E-state index is 11.4. The molecular weight excluding hydrogens is 222 g/mol. The molecule has 0 spiro atoms. The Hall–Kier alpha value is 0.525. The Bertz CT molecular complexity index is 234. The van der Waals surface area contributed by atoms with Crippen LogP contribution in [0.25, 0.3) is 0 Å². The van der Waals surface area contributed by atoms with E-state index in [1.54, 1.807) is 7.11 Å². The lowest BCUT2D eigenvalue weighted by Crippen LogP contribution is -2.27. The van der Waals surface area contributed by atoms with E-state index in [0.717, 1.165) is 6.42 Å². The molecule has 0 saturated carbocycles. The lowest BCUT2D eigenvalue weighted by molar-refractivity contribution is -0.00884. The van der Waals surface area contributed by atoms with E-state index in [0.29, 0.717) is 6.61 Å². The maximum atomic E-state index is 11.4. The van der Waals surface area contributed by atoms with Gasteiger partial charge in [-0.3, -0.25) is 4.57 Å². The van der Waals surface area contributed by atoms with E-state index >= 15 is 0 Å². The molecule has 1 heterocycles. The summed E-state index contributed by atoms with van der Waals surface area (Å²) in [5.41, 5.74) is 0. The molecule has 82 valence electrons. The highest BCUT2D eigenvalue weighted by atomic mass is 32.7. The summed E-state index contributed by atoms with van der Waals surface area (Å²) in [6.45, 7) is -0.793. The third-order valence-corrected chi connectivity index (χ3v) is 2.99. The number of methoxy groups -OCH3 is 1. The Balaban J connectivity index is 2.53. The average molecular weight is 238 g/mol. The van der Waals surface area contributed by atoms with Gasteiger partial charge in [0.1, 0.15) is 14.0 Å². The van der Waals surface area contributed by atoms with Gasteiger partial charge in [-0.05, 0) is 6.42 Å². The van der Waals surface area contributed by atoms with Crippen molar-refractivity contribution in [3.05, 3.63) is 0 Å². The minimum absolute atomic E-state index is 0.125. The van der Waals surface area contributed by atoms with E-state index in [-0.39, 0.29) is 18.2 Å². The number of ether oxygens (including phenoxy) is 2. The van der Waals surface area contributed by atoms with E-state index in [1.807, 2.05) is 7.85 Å². The Morgan fingerprint density at radius 1 is 1.71 bits per heavy atom. The van der Waals surface area contributed by atoms with Crippen molar-refractivity contribution in [3.8, 4) is 0 Å². The molecule has 0 aromatic rings. The van der Waals surface area contributed by atoms with Crippen molar-refractivity contribution in [2.75, 3.05) is 20.4 Å². The van der Waals surface area contributed by atoms with E-state index in [2.05, 4.69) is 12.2 Å². The molecule has 1 saturated heterocycles. The maximum Gasteiger partial charge on any atom is 0.252 e. The molecule has 0 N–H and O–H groups in total. The average Bonchev–Trinajstić information content (AvgIpc) is 2.28. The molecule has 1 aliphatic heterocycles. The van der Waals surface area contributed by atoms with Gasteiger partial charge in [0, 0.05) is 19.8 Å². The second-order valence-corrected chi connectivity index (χ2v) is 7.62. The van der Waals surface area contributed by atoms with Crippen molar-refractivity contribution in [3.63, 3.8) is 0 Å². The van der Waals surface area contributed by atoms with Crippen LogP contribution in [0.1, 0.15) is 6.42 Å². The minimum Gasteiger partial charge on any atom is -0.382 e. The summed E-state index contributed by atoms with van der Waals surface area (Å²) >= 11 is 3.91. The zero-order chi connectivity index (χ0) is 10.8. The second kappa shape index (κ2) is 5.04. The van der Waals surface area contributed by atoms with Crippen molar-refractivity contribution in [1.29, 1.82) is 0 Å². The first-order valence-corrected chi connectivity index (χ1v) is 7.78. The van der Waals surface area contributed by atoms with Crippen LogP contribution >= 0.6 is 18.8 Å². The summed E-state index contributed by atoms with van der Waals surface area (Å²) in [4.78, 5) is 0. The first kappa shape index (κ1) is 12.6. The summed E-state index contributed by atoms with van der Waals surface area (Å²) in [6.07, 6.45) is 0.445. The van der Waals surface area contributed by atoms with Crippen LogP contribution in [0.3, 0.4) is 0 Å². The molecule has 1 aliphatic rings. The van der Waals surface area contributed by atoms with Crippen LogP contribution in [-0.2, 0) is 18.6 Å². The fourth-order valence-corrected chi connectivity index (χ4v) is 2.68. The van der Waals surface area contributed by atoms with Crippen LogP contribution in [0, 0.1) is 0 Å². The van der Waals surface area contributed by atoms with Gasteiger partial charge in [-0.15, -0.1) is 0 Å². The van der Waals surface area contributed by atoms with E-state index < -0.39 is 6.57 Å². The molecule has 4 nitrogen and oxygen atoms in total. The lowest BCUT2D eigenvalue weighted by atomic mass is 9.96. The number of thiol groups is 1. The Kier molecular flexibility index (Phi) is 4.53. The van der Waals surface area contributed by atoms with Crippen LogP contribution in [0.4, 0.5) is 0 Å². The molecule has 0 bridgehead atoms. The second-order valence-electron chi connectivity index (χ2n) is 3.62. The van der Waals surface area contributed by atoms with Gasteiger partial charge in [-0.2, -0.15) is 0 Å². The normalized spacial score (nSPS) is 36.9. The summed E-state index contributed by atoms with van der Waals surface area (Å²) < 4.78 is 27.3. The van der Waals surface area contributed by atoms with E-state index in [9.17, 15) is 4.57 Å². The third kappa shape index (κ3) is 3.95. The lowest BCUT2D eigenvalue weighted by Gasteiger charge is -2.19. The number of hydrogen-bond acceptors (Lipinski definition) is 4. The number of hydrogen-bond donors (Lipinski definition) is 1. The molecule has 0 aliphatic carbocycles. The van der Waals surface area contributed by atoms with Crippen LogP contribution < -0.4 is 0 Å². The summed E-state index contributed by atoms with van der Waals surface area (Å²) in [6, 6.07) is 0.125. The van der Waals surface area contributed by atoms with Gasteiger partial charge in [0.2, 0.25) is 0 Å². The molecule has 0 amide bonds. The SMILES string of the molecule is B[C@H]1C[C@@H](OP(C)(=O)S)[C@@H](COC)O1. The highest BCUT2D eigenvalue weighted by Crippen LogP contribution is 2.50. The molecule has 0 aromatic heterocycles. The van der Waals surface area contributed by atoms with Crippen molar-refractivity contribution >= 4 is 26.7 Å². The van der Waals surface area contributed by atoms with Gasteiger partial charge in [0.15, 0.2) is 0 Å². The summed E-state index contributed by atoms with van der Waals surface area (Å²) in [5, 5.41) is 0. The van der Waals surface area contributed by atoms with Gasteiger partial charge in [0.05, 0.1) is 12.7 Å². The monoisotopic (exact) mass is 238 g/mol. The summed E-state index contributed by atoms with van der Waals surface area (Å²) in [7, 11) is 3.57. The van der Waals surface area contributed by atoms with Gasteiger partial charge in [0.25, 0.3) is 6.57 Å². The molecule has 1 fully saturated rings. The molecule has 4 atom stereocenters. The van der Waals surface area contributed by atoms with Gasteiger partial charge < -0.3 is 14.0 Å². The third-order valence-electron chi connectivity index (χ3n) is 2.05. The smallest absolute Gasteiger partial charge is 0.252 e. The van der Waals surface area contributed by atoms with Gasteiger partial charge in [-0.1, -0.05) is 12.2 Å². The predicted molar refractivity (Wildman–Crippen MR) is 61.1 cm³/mol. The molecule has 0 radical (unpaired) electrons. The fraction of sp³-hybridized carbons (Fsp3) is 1.00. The molecule has 0 aromatic carbocycles. The molecule has 1 rings (SSSR count). The zero-order valence-electron chi connectivity index (χ0n) is 8.67. The van der Waals surface area contributed by atoms with Crippen molar-refractivity contribution in [2.45, 2.75) is 24.6 Å². The van der Waals surface area contributed by atoms with Crippen LogP contribution in [0.2, 0.25) is 0 Å². The van der Waals surface area contributed by atoms with Crippen molar-refractivity contribution in [2.24, 2.45) is 0 Å². The van der Waals surface area contributed by atoms with Gasteiger partial charge >= 0.3 is 0 Å². The highest BCUT2D eigenvalue weighted by Gasteiger charge is 2.36. The minimum atomic E-state index is -2.74. The first-order valence-electron chi connectivity index (χ1n) is 4.55. The summed E-state index contributed by atoms with van der Waals surface area (Å²) in [5.74, 6) is 0. The molecule has 1 unspecified atom stereocenters. The van der Waals surface area contributed by atoms with Gasteiger partial charge in [-0.25, -0.2) is 0 Å². The van der Waals surface area contributed by atoms with Crippen molar-refractivity contribution in [1.82, 2.24) is 0 Å². The Labute approximate surface area is 90.7 Å². The quantitative estimate of drug-likeness (QED) is 0.440. The van der Waals surface area contributed by atoms with E-state index in [4.69, 9.17) is 14.0 Å². The van der Waals surface area contributed by atoms with Crippen LogP contribution in [0.15, 0.2) is 0 Å². The molecular formula is C7H16BO4PS. The van der Waals surface area contributed by atoms with Crippen molar-refractivity contribution < 1.29 is 18.6 Å². The topological polar surface area (TPSA) is 44.8 Å². The standard InChI is InChI=1S/C7H16BO4PS/c1-10-4-6-5(3-7(8)11-6)12-13(2,9)14/h5-7H,3-4,8H2,1-2H3,(H,9,14)/t5-,6-,7-,13?/m1/s1. The Morgan fingerprint density at radius 3 is 2.86 bits per heavy atom. The molecule has 7 heteroatoms. The largest absolute Gasteiger partial charge is 0.382 e. The Morgan fingerprint density at radius 2 is 2.36 bits per heavy atom. The fourth-order valence-electron chi connectivity index (χ4n) is 1.59. The van der Waals surface area contributed by atoms with Crippen LogP contribution in [0.5, 0.6) is 0 Å². The van der Waals surface area contributed by atoms with Crippen LogP contribution in [-0.4, -0.2) is 46.4 Å². The zero-order valence-corrected chi connectivity index (χ0v) is 10.5. The molecule has 14 heavy (non-hydrogen) atoms. The predicted octanol–water partition coefficient (Wildman–Crippen LogP) is 0.519. The first-order chi connectivity index (χ1) is 6.42.